The van der Waals surface area contributed by atoms with Crippen molar-refractivity contribution in [2.45, 2.75) is 18.9 Å². The van der Waals surface area contributed by atoms with Crippen LogP contribution in [0.1, 0.15) is 11.3 Å². The van der Waals surface area contributed by atoms with Gasteiger partial charge in [-0.1, -0.05) is 17.7 Å². The number of hydrogen-bond donors (Lipinski definition) is 1. The van der Waals surface area contributed by atoms with Crippen LogP contribution >= 0.6 is 22.9 Å². The van der Waals surface area contributed by atoms with Gasteiger partial charge in [-0.15, -0.1) is 11.3 Å². The molecule has 4 nitrogen and oxygen atoms in total. The molecular weight excluding hydrogens is 320 g/mol. The third-order valence-corrected chi connectivity index (χ3v) is 4.67. The normalized spacial score (nSPS) is 17.8. The van der Waals surface area contributed by atoms with Gasteiger partial charge in [-0.25, -0.2) is 0 Å². The lowest BCUT2D eigenvalue weighted by atomic mass is 10.2. The molecule has 6 heteroatoms. The SMILES string of the molecule is O=C(Cc1cccs1)N[C@@H]1CC(=O)N(c2ccc(Cl)cc2)C1. The van der Waals surface area contributed by atoms with Crippen molar-refractivity contribution in [1.82, 2.24) is 5.32 Å². The standard InChI is InChI=1S/C16H15ClN2O2S/c17-11-3-5-13(6-4-11)19-10-12(8-16(19)21)18-15(20)9-14-2-1-7-22-14/h1-7,12H,8-10H2,(H,18,20)/t12-/m1/s1. The Bertz CT molecular complexity index is 670. The maximum Gasteiger partial charge on any atom is 0.229 e. The summed E-state index contributed by atoms with van der Waals surface area (Å²) in [5, 5.41) is 5.52. The zero-order valence-corrected chi connectivity index (χ0v) is 13.4. The zero-order valence-electron chi connectivity index (χ0n) is 11.8. The maximum atomic E-state index is 12.1. The van der Waals surface area contributed by atoms with Crippen LogP contribution in [0.15, 0.2) is 41.8 Å². The average Bonchev–Trinajstić information content (AvgIpc) is 3.10. The first-order chi connectivity index (χ1) is 10.6. The molecule has 1 fully saturated rings. The van der Waals surface area contributed by atoms with Gasteiger partial charge < -0.3 is 10.2 Å². The minimum atomic E-state index is -0.143. The molecule has 1 aliphatic heterocycles. The predicted octanol–water partition coefficient (Wildman–Crippen LogP) is 2.87. The smallest absolute Gasteiger partial charge is 0.229 e. The Balaban J connectivity index is 1.59. The molecule has 2 aromatic rings. The van der Waals surface area contributed by atoms with Crippen molar-refractivity contribution in [3.05, 3.63) is 51.7 Å². The van der Waals surface area contributed by atoms with Gasteiger partial charge in [-0.3, -0.25) is 9.59 Å². The number of hydrogen-bond acceptors (Lipinski definition) is 3. The van der Waals surface area contributed by atoms with Crippen LogP contribution in [0.5, 0.6) is 0 Å². The first kappa shape index (κ1) is 15.1. The lowest BCUT2D eigenvalue weighted by Crippen LogP contribution is -2.37. The molecule has 1 saturated heterocycles. The Labute approximate surface area is 137 Å². The average molecular weight is 335 g/mol. The van der Waals surface area contributed by atoms with E-state index in [0.29, 0.717) is 24.4 Å². The summed E-state index contributed by atoms with van der Waals surface area (Å²) in [5.74, 6) is -0.0260. The number of benzene rings is 1. The second-order valence-corrected chi connectivity index (χ2v) is 6.67. The molecule has 0 bridgehead atoms. The number of nitrogens with zero attached hydrogens (tertiary/aromatic N) is 1. The largest absolute Gasteiger partial charge is 0.351 e. The van der Waals surface area contributed by atoms with Crippen molar-refractivity contribution in [2.24, 2.45) is 0 Å². The molecule has 0 saturated carbocycles. The van der Waals surface area contributed by atoms with Crippen molar-refractivity contribution in [2.75, 3.05) is 11.4 Å². The van der Waals surface area contributed by atoms with Crippen molar-refractivity contribution in [3.63, 3.8) is 0 Å². The topological polar surface area (TPSA) is 49.4 Å². The van der Waals surface area contributed by atoms with E-state index in [2.05, 4.69) is 5.32 Å². The van der Waals surface area contributed by atoms with Gasteiger partial charge in [0.15, 0.2) is 0 Å². The molecule has 114 valence electrons. The fourth-order valence-corrected chi connectivity index (χ4v) is 3.35. The van der Waals surface area contributed by atoms with Gasteiger partial charge in [0.1, 0.15) is 0 Å². The second-order valence-electron chi connectivity index (χ2n) is 5.21. The van der Waals surface area contributed by atoms with Crippen LogP contribution in [0.3, 0.4) is 0 Å². The van der Waals surface area contributed by atoms with E-state index in [1.165, 1.54) is 0 Å². The third-order valence-electron chi connectivity index (χ3n) is 3.54. The van der Waals surface area contributed by atoms with E-state index in [1.807, 2.05) is 29.6 Å². The number of amides is 2. The monoisotopic (exact) mass is 334 g/mol. The molecule has 1 aromatic heterocycles. The van der Waals surface area contributed by atoms with Crippen molar-refractivity contribution >= 4 is 40.4 Å². The number of halogens is 1. The summed E-state index contributed by atoms with van der Waals surface area (Å²) in [4.78, 5) is 26.8. The Morgan fingerprint density at radius 2 is 2.09 bits per heavy atom. The fraction of sp³-hybridized carbons (Fsp3) is 0.250. The van der Waals surface area contributed by atoms with Crippen LogP contribution in [-0.2, 0) is 16.0 Å². The van der Waals surface area contributed by atoms with E-state index >= 15 is 0 Å². The second kappa shape index (κ2) is 6.50. The van der Waals surface area contributed by atoms with Crippen LogP contribution in [0.25, 0.3) is 0 Å². The molecule has 2 heterocycles. The van der Waals surface area contributed by atoms with Gasteiger partial charge in [0.2, 0.25) is 11.8 Å². The molecule has 1 aromatic carbocycles. The van der Waals surface area contributed by atoms with Gasteiger partial charge in [0.05, 0.1) is 12.5 Å². The van der Waals surface area contributed by atoms with E-state index in [9.17, 15) is 9.59 Å². The minimum Gasteiger partial charge on any atom is -0.351 e. The molecule has 0 unspecified atom stereocenters. The summed E-state index contributed by atoms with van der Waals surface area (Å²) in [6.45, 7) is 0.497. The van der Waals surface area contributed by atoms with E-state index in [-0.39, 0.29) is 17.9 Å². The molecule has 1 atom stereocenters. The molecule has 2 amide bonds. The van der Waals surface area contributed by atoms with Crippen LogP contribution in [-0.4, -0.2) is 24.4 Å². The number of carbonyl (C=O) groups is 2. The van der Waals surface area contributed by atoms with Crippen LogP contribution in [0.4, 0.5) is 5.69 Å². The first-order valence-corrected chi connectivity index (χ1v) is 8.25. The van der Waals surface area contributed by atoms with Gasteiger partial charge in [-0.05, 0) is 35.7 Å². The van der Waals surface area contributed by atoms with Gasteiger partial charge in [0, 0.05) is 28.6 Å². The van der Waals surface area contributed by atoms with Gasteiger partial charge in [0.25, 0.3) is 0 Å². The maximum absolute atomic E-state index is 12.1. The van der Waals surface area contributed by atoms with E-state index in [0.717, 1.165) is 10.6 Å². The van der Waals surface area contributed by atoms with E-state index in [4.69, 9.17) is 11.6 Å². The quantitative estimate of drug-likeness (QED) is 0.934. The van der Waals surface area contributed by atoms with Crippen LogP contribution in [0.2, 0.25) is 5.02 Å². The van der Waals surface area contributed by atoms with Crippen molar-refractivity contribution < 1.29 is 9.59 Å². The summed E-state index contributed by atoms with van der Waals surface area (Å²) in [6.07, 6.45) is 0.697. The summed E-state index contributed by atoms with van der Waals surface area (Å²) in [5.41, 5.74) is 0.810. The highest BCUT2D eigenvalue weighted by Gasteiger charge is 2.31. The summed E-state index contributed by atoms with van der Waals surface area (Å²) in [7, 11) is 0. The summed E-state index contributed by atoms with van der Waals surface area (Å²) >= 11 is 7.42. The lowest BCUT2D eigenvalue weighted by molar-refractivity contribution is -0.121. The zero-order chi connectivity index (χ0) is 15.5. The summed E-state index contributed by atoms with van der Waals surface area (Å²) < 4.78 is 0. The highest BCUT2D eigenvalue weighted by Crippen LogP contribution is 2.23. The Morgan fingerprint density at radius 3 is 2.77 bits per heavy atom. The molecule has 3 rings (SSSR count). The first-order valence-electron chi connectivity index (χ1n) is 6.99. The molecular formula is C16H15ClN2O2S. The predicted molar refractivity (Wildman–Crippen MR) is 88.4 cm³/mol. The molecule has 0 spiro atoms. The van der Waals surface area contributed by atoms with Crippen molar-refractivity contribution in [1.29, 1.82) is 0 Å². The molecule has 0 radical (unpaired) electrons. The van der Waals surface area contributed by atoms with E-state index < -0.39 is 0 Å². The highest BCUT2D eigenvalue weighted by molar-refractivity contribution is 7.10. The number of rotatable bonds is 4. The molecule has 1 N–H and O–H groups in total. The Morgan fingerprint density at radius 1 is 1.32 bits per heavy atom. The number of carbonyl (C=O) groups excluding carboxylic acids is 2. The third kappa shape index (κ3) is 3.48. The Kier molecular flexibility index (Phi) is 4.45. The number of thiophene rings is 1. The summed E-state index contributed by atoms with van der Waals surface area (Å²) in [6, 6.07) is 10.9. The van der Waals surface area contributed by atoms with Crippen LogP contribution in [0, 0.1) is 0 Å². The number of nitrogens with one attached hydrogen (secondary N) is 1. The number of anilines is 1. The minimum absolute atomic E-state index is 0.0174. The fourth-order valence-electron chi connectivity index (χ4n) is 2.52. The Hall–Kier alpha value is -1.85. The van der Waals surface area contributed by atoms with Gasteiger partial charge in [-0.2, -0.15) is 0 Å². The highest BCUT2D eigenvalue weighted by atomic mass is 35.5. The van der Waals surface area contributed by atoms with Gasteiger partial charge >= 0.3 is 0 Å². The van der Waals surface area contributed by atoms with Crippen molar-refractivity contribution in [3.8, 4) is 0 Å². The van der Waals surface area contributed by atoms with E-state index in [1.54, 1.807) is 28.4 Å². The molecule has 0 aliphatic carbocycles. The lowest BCUT2D eigenvalue weighted by Gasteiger charge is -2.17. The van der Waals surface area contributed by atoms with Crippen LogP contribution < -0.4 is 10.2 Å². The molecule has 22 heavy (non-hydrogen) atoms. The molecule has 1 aliphatic rings.